The lowest BCUT2D eigenvalue weighted by Crippen LogP contribution is -2.41. The second kappa shape index (κ2) is 9.07. The molecule has 3 rings (SSSR count). The van der Waals surface area contributed by atoms with Crippen molar-refractivity contribution in [3.8, 4) is 0 Å². The van der Waals surface area contributed by atoms with Crippen LogP contribution in [-0.4, -0.2) is 48.6 Å². The highest BCUT2D eigenvalue weighted by molar-refractivity contribution is 5.80. The smallest absolute Gasteiger partial charge is 0.193 e. The van der Waals surface area contributed by atoms with E-state index in [2.05, 4.69) is 27.4 Å². The van der Waals surface area contributed by atoms with Gasteiger partial charge in [0.05, 0.1) is 0 Å². The van der Waals surface area contributed by atoms with Crippen molar-refractivity contribution in [2.75, 3.05) is 38.0 Å². The number of aliphatic imine (C=N–C) groups is 1. The monoisotopic (exact) mass is 343 g/mol. The molecule has 1 aliphatic heterocycles. The Morgan fingerprint density at radius 1 is 1.24 bits per heavy atom. The number of rotatable bonds is 7. The van der Waals surface area contributed by atoms with Crippen molar-refractivity contribution in [3.63, 3.8) is 0 Å². The van der Waals surface area contributed by atoms with E-state index in [9.17, 15) is 0 Å². The number of nitrogens with one attached hydrogen (secondary N) is 2. The number of hydrogen-bond acceptors (Lipinski definition) is 3. The van der Waals surface area contributed by atoms with Gasteiger partial charge < -0.3 is 15.5 Å². The van der Waals surface area contributed by atoms with Gasteiger partial charge in [-0.25, -0.2) is 4.98 Å². The van der Waals surface area contributed by atoms with Gasteiger partial charge in [0.1, 0.15) is 5.82 Å². The second-order valence-electron chi connectivity index (χ2n) is 7.46. The van der Waals surface area contributed by atoms with Crippen molar-refractivity contribution < 1.29 is 0 Å². The molecule has 1 aromatic rings. The van der Waals surface area contributed by atoms with Gasteiger partial charge in [0.25, 0.3) is 0 Å². The van der Waals surface area contributed by atoms with E-state index in [1.165, 1.54) is 45.2 Å². The number of guanidine groups is 1. The lowest BCUT2D eigenvalue weighted by Gasteiger charge is -2.26. The van der Waals surface area contributed by atoms with E-state index in [0.29, 0.717) is 5.41 Å². The quantitative estimate of drug-likeness (QED) is 0.452. The zero-order valence-corrected chi connectivity index (χ0v) is 15.6. The number of nitrogens with zero attached hydrogens (tertiary/aromatic N) is 3. The maximum absolute atomic E-state index is 4.88. The van der Waals surface area contributed by atoms with Gasteiger partial charge in [-0.3, -0.25) is 4.99 Å². The van der Waals surface area contributed by atoms with Crippen LogP contribution < -0.4 is 10.6 Å². The highest BCUT2D eigenvalue weighted by Gasteiger charge is 2.40. The fourth-order valence-corrected chi connectivity index (χ4v) is 4.18. The molecule has 1 aliphatic carbocycles. The first-order valence-corrected chi connectivity index (χ1v) is 9.99. The first-order valence-electron chi connectivity index (χ1n) is 9.99. The lowest BCUT2D eigenvalue weighted by atomic mass is 9.86. The molecule has 0 unspecified atom stereocenters. The molecule has 2 heterocycles. The first-order chi connectivity index (χ1) is 12.3. The van der Waals surface area contributed by atoms with Gasteiger partial charge in [0.2, 0.25) is 0 Å². The van der Waals surface area contributed by atoms with E-state index in [1.54, 1.807) is 0 Å². The van der Waals surface area contributed by atoms with Crippen LogP contribution in [0.2, 0.25) is 0 Å². The number of likely N-dealkylation sites (tertiary alicyclic amines) is 1. The van der Waals surface area contributed by atoms with Gasteiger partial charge in [-0.05, 0) is 56.6 Å². The number of unbranched alkanes of at least 4 members (excludes halogenated alkanes) is 1. The maximum Gasteiger partial charge on any atom is 0.193 e. The molecule has 1 spiro atoms. The minimum Gasteiger partial charge on any atom is -0.370 e. The summed E-state index contributed by atoms with van der Waals surface area (Å²) in [7, 11) is 0. The van der Waals surface area contributed by atoms with Crippen LogP contribution in [0, 0.1) is 5.41 Å². The summed E-state index contributed by atoms with van der Waals surface area (Å²) in [5.41, 5.74) is 0.600. The molecule has 1 saturated heterocycles. The normalized spacial score (nSPS) is 19.6. The summed E-state index contributed by atoms with van der Waals surface area (Å²) in [6, 6.07) is 5.96. The molecular weight excluding hydrogens is 310 g/mol. The van der Waals surface area contributed by atoms with Crippen molar-refractivity contribution in [2.24, 2.45) is 10.4 Å². The third kappa shape index (κ3) is 5.10. The van der Waals surface area contributed by atoms with Crippen LogP contribution in [0.5, 0.6) is 0 Å². The zero-order valence-electron chi connectivity index (χ0n) is 15.6. The van der Waals surface area contributed by atoms with Gasteiger partial charge in [0.15, 0.2) is 5.96 Å². The topological polar surface area (TPSA) is 52.6 Å². The Morgan fingerprint density at radius 3 is 2.88 bits per heavy atom. The van der Waals surface area contributed by atoms with Crippen LogP contribution >= 0.6 is 0 Å². The van der Waals surface area contributed by atoms with Crippen molar-refractivity contribution >= 4 is 11.8 Å². The van der Waals surface area contributed by atoms with E-state index >= 15 is 0 Å². The minimum atomic E-state index is 0.600. The molecule has 0 bridgehead atoms. The van der Waals surface area contributed by atoms with E-state index in [-0.39, 0.29) is 0 Å². The Kier molecular flexibility index (Phi) is 6.54. The molecule has 25 heavy (non-hydrogen) atoms. The molecule has 1 aromatic heterocycles. The fraction of sp³-hybridized carbons (Fsp3) is 0.700. The number of hydrogen-bond donors (Lipinski definition) is 2. The van der Waals surface area contributed by atoms with Crippen LogP contribution in [0.4, 0.5) is 5.82 Å². The Hall–Kier alpha value is -1.78. The van der Waals surface area contributed by atoms with Crippen LogP contribution in [0.25, 0.3) is 0 Å². The van der Waals surface area contributed by atoms with Gasteiger partial charge in [-0.15, -0.1) is 0 Å². The second-order valence-corrected chi connectivity index (χ2v) is 7.46. The molecular formula is C20H33N5. The third-order valence-corrected chi connectivity index (χ3v) is 5.55. The van der Waals surface area contributed by atoms with Crippen molar-refractivity contribution in [2.45, 2.75) is 51.9 Å². The van der Waals surface area contributed by atoms with E-state index in [1.807, 2.05) is 24.4 Å². The third-order valence-electron chi connectivity index (χ3n) is 5.55. The summed E-state index contributed by atoms with van der Waals surface area (Å²) < 4.78 is 0. The fourth-order valence-electron chi connectivity index (χ4n) is 4.18. The largest absolute Gasteiger partial charge is 0.370 e. The Labute approximate surface area is 152 Å². The molecule has 138 valence electrons. The highest BCUT2D eigenvalue weighted by Crippen LogP contribution is 2.45. The van der Waals surface area contributed by atoms with Crippen molar-refractivity contribution in [1.29, 1.82) is 0 Å². The number of pyridine rings is 1. The predicted molar refractivity (Wildman–Crippen MR) is 105 cm³/mol. The molecule has 0 aromatic carbocycles. The minimum absolute atomic E-state index is 0.600. The molecule has 2 aliphatic rings. The summed E-state index contributed by atoms with van der Waals surface area (Å²) in [5, 5.41) is 6.86. The average Bonchev–Trinajstić information content (AvgIpc) is 3.28. The maximum atomic E-state index is 4.88. The average molecular weight is 344 g/mol. The van der Waals surface area contributed by atoms with Crippen LogP contribution in [0.3, 0.4) is 0 Å². The Morgan fingerprint density at radius 2 is 2.12 bits per heavy atom. The molecule has 0 atom stereocenters. The SMILES string of the molecule is CCNC(=NCCCCNc1ccccn1)N1CCC2(CCCC2)C1. The molecule has 0 amide bonds. The molecule has 0 radical (unpaired) electrons. The van der Waals surface area contributed by atoms with E-state index < -0.39 is 0 Å². The predicted octanol–water partition coefficient (Wildman–Crippen LogP) is 3.51. The van der Waals surface area contributed by atoms with Crippen LogP contribution in [-0.2, 0) is 0 Å². The molecule has 2 fully saturated rings. The van der Waals surface area contributed by atoms with E-state index in [0.717, 1.165) is 44.3 Å². The van der Waals surface area contributed by atoms with Gasteiger partial charge in [-0.2, -0.15) is 0 Å². The number of aromatic nitrogens is 1. The van der Waals surface area contributed by atoms with Gasteiger partial charge in [-0.1, -0.05) is 18.9 Å². The van der Waals surface area contributed by atoms with Gasteiger partial charge >= 0.3 is 0 Å². The summed E-state index contributed by atoms with van der Waals surface area (Å²) in [5.74, 6) is 2.09. The van der Waals surface area contributed by atoms with Crippen LogP contribution in [0.15, 0.2) is 29.4 Å². The summed E-state index contributed by atoms with van der Waals surface area (Å²) >= 11 is 0. The molecule has 5 nitrogen and oxygen atoms in total. The zero-order chi connectivity index (χ0) is 17.4. The Bertz CT molecular complexity index is 536. The standard InChI is InChI=1S/C20H33N5/c1-2-21-19(25-16-12-20(17-25)10-4-5-11-20)24-15-8-7-14-23-18-9-3-6-13-22-18/h3,6,9,13H,2,4-5,7-8,10-12,14-17H2,1H3,(H,21,24)(H,22,23). The van der Waals surface area contributed by atoms with Crippen molar-refractivity contribution in [3.05, 3.63) is 24.4 Å². The first kappa shape index (κ1) is 18.0. The van der Waals surface area contributed by atoms with Crippen molar-refractivity contribution in [1.82, 2.24) is 15.2 Å². The summed E-state index contributed by atoms with van der Waals surface area (Å²) in [6.07, 6.45) is 11.1. The summed E-state index contributed by atoms with van der Waals surface area (Å²) in [6.45, 7) is 7.34. The van der Waals surface area contributed by atoms with Gasteiger partial charge in [0, 0.05) is 38.9 Å². The Balaban J connectivity index is 1.40. The summed E-state index contributed by atoms with van der Waals surface area (Å²) in [4.78, 5) is 11.7. The molecule has 5 heteroatoms. The molecule has 2 N–H and O–H groups in total. The highest BCUT2D eigenvalue weighted by atomic mass is 15.3. The number of anilines is 1. The van der Waals surface area contributed by atoms with E-state index in [4.69, 9.17) is 4.99 Å². The lowest BCUT2D eigenvalue weighted by molar-refractivity contribution is 0.309. The van der Waals surface area contributed by atoms with Crippen LogP contribution in [0.1, 0.15) is 51.9 Å². The molecule has 1 saturated carbocycles.